The van der Waals surface area contributed by atoms with Gasteiger partial charge in [0, 0.05) is 21.8 Å². The number of rotatable bonds is 14. The fourth-order valence-electron chi connectivity index (χ4n) is 4.95. The zero-order valence-electron chi connectivity index (χ0n) is 28.0. The molecular weight excluding hydrogens is 671 g/mol. The van der Waals surface area contributed by atoms with Crippen LogP contribution >= 0.6 is 11.8 Å². The van der Waals surface area contributed by atoms with E-state index < -0.39 is 11.8 Å². The van der Waals surface area contributed by atoms with E-state index in [1.54, 1.807) is 72.8 Å². The number of benzene rings is 6. The first kappa shape index (κ1) is 35.3. The van der Waals surface area contributed by atoms with E-state index in [2.05, 4.69) is 16.0 Å². The molecule has 0 radical (unpaired) electrons. The third kappa shape index (κ3) is 10.7. The molecule has 52 heavy (non-hydrogen) atoms. The Bertz CT molecular complexity index is 2120. The number of carbonyl (C=O) groups is 3. The first-order valence-corrected chi connectivity index (χ1v) is 17.5. The highest BCUT2D eigenvalue weighted by atomic mass is 32.2. The van der Waals surface area contributed by atoms with E-state index in [0.717, 1.165) is 16.2 Å². The van der Waals surface area contributed by atoms with Gasteiger partial charge in [-0.25, -0.2) is 0 Å². The van der Waals surface area contributed by atoms with Crippen LogP contribution in [0.3, 0.4) is 0 Å². The largest absolute Gasteiger partial charge is 0.489 e. The maximum atomic E-state index is 13.6. The van der Waals surface area contributed by atoms with Crippen molar-refractivity contribution in [1.29, 1.82) is 0 Å². The van der Waals surface area contributed by atoms with Gasteiger partial charge in [-0.3, -0.25) is 14.4 Å². The predicted molar refractivity (Wildman–Crippen MR) is 206 cm³/mol. The van der Waals surface area contributed by atoms with Crippen molar-refractivity contribution in [3.8, 4) is 17.2 Å². The summed E-state index contributed by atoms with van der Waals surface area (Å²) in [5.41, 5.74) is 3.38. The van der Waals surface area contributed by atoms with Crippen LogP contribution in [0.15, 0.2) is 174 Å². The van der Waals surface area contributed by atoms with Gasteiger partial charge in [0.2, 0.25) is 5.91 Å². The Balaban J connectivity index is 1.07. The molecule has 0 aliphatic carbocycles. The minimum atomic E-state index is -0.506. The number of ether oxygens (including phenoxy) is 2. The van der Waals surface area contributed by atoms with Crippen molar-refractivity contribution in [3.63, 3.8) is 0 Å². The normalized spacial score (nSPS) is 10.9. The second-order valence-corrected chi connectivity index (χ2v) is 12.5. The molecule has 0 unspecified atom stereocenters. The van der Waals surface area contributed by atoms with Gasteiger partial charge in [-0.05, 0) is 96.1 Å². The van der Waals surface area contributed by atoms with E-state index in [4.69, 9.17) is 9.47 Å². The van der Waals surface area contributed by atoms with Gasteiger partial charge in [-0.1, -0.05) is 84.9 Å². The van der Waals surface area contributed by atoms with Crippen molar-refractivity contribution in [2.24, 2.45) is 0 Å². The molecule has 0 bridgehead atoms. The van der Waals surface area contributed by atoms with Crippen molar-refractivity contribution in [3.05, 3.63) is 186 Å². The molecular formula is C43H35N3O5S. The number of amides is 3. The van der Waals surface area contributed by atoms with E-state index in [9.17, 15) is 14.4 Å². The van der Waals surface area contributed by atoms with Crippen LogP contribution in [0.4, 0.5) is 11.4 Å². The number of para-hydroxylation sites is 1. The smallest absolute Gasteiger partial charge is 0.272 e. The summed E-state index contributed by atoms with van der Waals surface area (Å²) in [5.74, 6) is 1.12. The predicted octanol–water partition coefficient (Wildman–Crippen LogP) is 9.20. The Hall–Kier alpha value is -6.58. The molecule has 3 N–H and O–H groups in total. The third-order valence-electron chi connectivity index (χ3n) is 7.55. The molecule has 0 aliphatic heterocycles. The lowest BCUT2D eigenvalue weighted by Crippen LogP contribution is -2.30. The van der Waals surface area contributed by atoms with Crippen molar-refractivity contribution in [1.82, 2.24) is 5.32 Å². The molecule has 3 amide bonds. The molecule has 0 aliphatic rings. The summed E-state index contributed by atoms with van der Waals surface area (Å²) in [5, 5.41) is 8.55. The Labute approximate surface area is 306 Å². The average Bonchev–Trinajstić information content (AvgIpc) is 3.18. The van der Waals surface area contributed by atoms with Gasteiger partial charge in [-0.15, -0.1) is 11.8 Å². The molecule has 8 nitrogen and oxygen atoms in total. The quantitative estimate of drug-likeness (QED) is 0.0771. The van der Waals surface area contributed by atoms with Crippen LogP contribution in [0.1, 0.15) is 21.5 Å². The van der Waals surface area contributed by atoms with Gasteiger partial charge in [0.1, 0.15) is 29.6 Å². The van der Waals surface area contributed by atoms with Crippen molar-refractivity contribution >= 4 is 46.9 Å². The molecule has 0 aromatic heterocycles. The summed E-state index contributed by atoms with van der Waals surface area (Å²) in [4.78, 5) is 40.2. The fraction of sp³-hybridized carbons (Fsp3) is 0.0465. The van der Waals surface area contributed by atoms with Crippen LogP contribution in [0.25, 0.3) is 6.08 Å². The topological polar surface area (TPSA) is 106 Å². The maximum absolute atomic E-state index is 13.6. The lowest BCUT2D eigenvalue weighted by Gasteiger charge is -2.13. The maximum Gasteiger partial charge on any atom is 0.272 e. The Morgan fingerprint density at radius 2 is 1.23 bits per heavy atom. The van der Waals surface area contributed by atoms with Crippen molar-refractivity contribution in [2.45, 2.75) is 11.5 Å². The van der Waals surface area contributed by atoms with Crippen molar-refractivity contribution in [2.75, 3.05) is 16.4 Å². The second kappa shape index (κ2) is 17.9. The zero-order chi connectivity index (χ0) is 36.0. The highest BCUT2D eigenvalue weighted by Crippen LogP contribution is 2.25. The zero-order valence-corrected chi connectivity index (χ0v) is 28.8. The number of hydrogen-bond acceptors (Lipinski definition) is 6. The molecule has 258 valence electrons. The lowest BCUT2D eigenvalue weighted by molar-refractivity contribution is -0.114. The van der Waals surface area contributed by atoms with Crippen LogP contribution in [-0.4, -0.2) is 23.5 Å². The van der Waals surface area contributed by atoms with E-state index >= 15 is 0 Å². The number of hydrogen-bond donors (Lipinski definition) is 3. The molecule has 9 heteroatoms. The molecule has 6 aromatic carbocycles. The third-order valence-corrected chi connectivity index (χ3v) is 8.54. The monoisotopic (exact) mass is 705 g/mol. The first-order valence-electron chi connectivity index (χ1n) is 16.5. The summed E-state index contributed by atoms with van der Waals surface area (Å²) in [7, 11) is 0. The SMILES string of the molecule is O=C(CSc1cccc(NC(=O)/C(=C\c2ccc(OCc3ccccc3)cc2)NC(=O)c2ccccc2)c1)Nc1ccc(Oc2ccccc2)cc1. The minimum absolute atomic E-state index is 0.0597. The molecule has 0 fully saturated rings. The first-order chi connectivity index (χ1) is 25.5. The van der Waals surface area contributed by atoms with Crippen LogP contribution in [-0.2, 0) is 16.2 Å². The molecule has 0 spiro atoms. The minimum Gasteiger partial charge on any atom is -0.489 e. The molecule has 0 saturated heterocycles. The van der Waals surface area contributed by atoms with E-state index in [0.29, 0.717) is 40.6 Å². The summed E-state index contributed by atoms with van der Waals surface area (Å²) >= 11 is 1.33. The van der Waals surface area contributed by atoms with E-state index in [-0.39, 0.29) is 17.4 Å². The van der Waals surface area contributed by atoms with Gasteiger partial charge < -0.3 is 25.4 Å². The van der Waals surface area contributed by atoms with Crippen LogP contribution in [0.2, 0.25) is 0 Å². The Morgan fingerprint density at radius 3 is 1.94 bits per heavy atom. The second-order valence-electron chi connectivity index (χ2n) is 11.5. The van der Waals surface area contributed by atoms with Gasteiger partial charge in [0.15, 0.2) is 0 Å². The molecule has 0 atom stereocenters. The van der Waals surface area contributed by atoms with Gasteiger partial charge in [-0.2, -0.15) is 0 Å². The van der Waals surface area contributed by atoms with Crippen LogP contribution in [0.5, 0.6) is 17.2 Å². The Kier molecular flexibility index (Phi) is 12.1. The fourth-order valence-corrected chi connectivity index (χ4v) is 5.70. The summed E-state index contributed by atoms with van der Waals surface area (Å²) in [6.45, 7) is 0.429. The van der Waals surface area contributed by atoms with Gasteiger partial charge in [0.05, 0.1) is 5.75 Å². The van der Waals surface area contributed by atoms with Gasteiger partial charge >= 0.3 is 0 Å². The van der Waals surface area contributed by atoms with Crippen molar-refractivity contribution < 1.29 is 23.9 Å². The molecule has 0 heterocycles. The number of anilines is 2. The summed E-state index contributed by atoms with van der Waals surface area (Å²) in [6.07, 6.45) is 1.61. The number of nitrogens with one attached hydrogen (secondary N) is 3. The highest BCUT2D eigenvalue weighted by molar-refractivity contribution is 8.00. The van der Waals surface area contributed by atoms with Gasteiger partial charge in [0.25, 0.3) is 11.8 Å². The van der Waals surface area contributed by atoms with Crippen LogP contribution < -0.4 is 25.4 Å². The highest BCUT2D eigenvalue weighted by Gasteiger charge is 2.16. The molecule has 6 aromatic rings. The molecule has 6 rings (SSSR count). The summed E-state index contributed by atoms with van der Waals surface area (Å²) in [6, 6.07) is 49.6. The van der Waals surface area contributed by atoms with E-state index in [1.165, 1.54) is 11.8 Å². The lowest BCUT2D eigenvalue weighted by atomic mass is 10.1. The Morgan fingerprint density at radius 1 is 0.596 bits per heavy atom. The van der Waals surface area contributed by atoms with E-state index in [1.807, 2.05) is 97.1 Å². The summed E-state index contributed by atoms with van der Waals surface area (Å²) < 4.78 is 11.7. The number of carbonyl (C=O) groups excluding carboxylic acids is 3. The van der Waals surface area contributed by atoms with Crippen LogP contribution in [0, 0.1) is 0 Å². The average molecular weight is 706 g/mol. The molecule has 0 saturated carbocycles. The number of thioether (sulfide) groups is 1. The standard InChI is InChI=1S/C43H35N3O5S/c47-41(44-34-21-25-38(26-22-34)51-37-16-8-3-9-17-37)30-52-39-18-10-15-35(28-39)45-43(49)40(46-42(48)33-13-6-2-7-14-33)27-31-19-23-36(24-20-31)50-29-32-11-4-1-5-12-32/h1-28H,29-30H2,(H,44,47)(H,45,49)(H,46,48)/b40-27+.